The van der Waals surface area contributed by atoms with Gasteiger partial charge in [0.15, 0.2) is 11.7 Å². The molecule has 30 heavy (non-hydrogen) atoms. The molecule has 1 aliphatic rings. The summed E-state index contributed by atoms with van der Waals surface area (Å²) in [5.41, 5.74) is 1.25. The van der Waals surface area contributed by atoms with E-state index in [1.54, 1.807) is 12.4 Å². The number of pyridine rings is 1. The molecule has 1 fully saturated rings. The van der Waals surface area contributed by atoms with Crippen molar-refractivity contribution >= 4 is 5.91 Å². The van der Waals surface area contributed by atoms with Gasteiger partial charge < -0.3 is 9.32 Å². The fraction of sp³-hybridized carbons (Fsp3) is 0.348. The van der Waals surface area contributed by atoms with Crippen LogP contribution in [-0.4, -0.2) is 27.3 Å². The van der Waals surface area contributed by atoms with Crippen molar-refractivity contribution in [1.29, 1.82) is 0 Å². The largest absolute Gasteiger partial charge is 0.441 e. The number of likely N-dealkylation sites (tertiary alicyclic amines) is 1. The maximum Gasteiger partial charge on any atom is 0.223 e. The molecule has 0 spiro atoms. The molecule has 1 amide bonds. The third kappa shape index (κ3) is 4.56. The van der Waals surface area contributed by atoms with E-state index in [1.165, 1.54) is 18.3 Å². The maximum atomic E-state index is 14.0. The average molecular weight is 411 g/mol. The van der Waals surface area contributed by atoms with Crippen LogP contribution in [0.3, 0.4) is 0 Å². The van der Waals surface area contributed by atoms with Gasteiger partial charge in [0, 0.05) is 37.8 Å². The molecule has 5 nitrogen and oxygen atoms in total. The number of halogens is 2. The maximum absolute atomic E-state index is 14.0. The lowest BCUT2D eigenvalue weighted by molar-refractivity contribution is -0.133. The van der Waals surface area contributed by atoms with Gasteiger partial charge in [-0.15, -0.1) is 0 Å². The molecular weight excluding hydrogens is 388 g/mol. The van der Waals surface area contributed by atoms with Gasteiger partial charge in [-0.1, -0.05) is 12.8 Å². The Labute approximate surface area is 173 Å². The number of nitrogens with zero attached hydrogens (tertiary/aromatic N) is 3. The molecule has 3 heterocycles. The molecular formula is C23H23F2N3O2. The molecule has 1 saturated heterocycles. The smallest absolute Gasteiger partial charge is 0.223 e. The highest BCUT2D eigenvalue weighted by molar-refractivity contribution is 5.77. The van der Waals surface area contributed by atoms with Crippen LogP contribution in [0.1, 0.15) is 49.6 Å². The van der Waals surface area contributed by atoms with E-state index in [2.05, 4.69) is 9.97 Å². The number of benzene rings is 1. The van der Waals surface area contributed by atoms with Crippen molar-refractivity contribution in [3.8, 4) is 11.3 Å². The molecule has 4 rings (SSSR count). The van der Waals surface area contributed by atoms with Gasteiger partial charge in [-0.2, -0.15) is 0 Å². The van der Waals surface area contributed by atoms with E-state index in [4.69, 9.17) is 4.42 Å². The van der Waals surface area contributed by atoms with Crippen molar-refractivity contribution in [2.75, 3.05) is 6.54 Å². The van der Waals surface area contributed by atoms with Crippen LogP contribution in [0.4, 0.5) is 8.78 Å². The predicted octanol–water partition coefficient (Wildman–Crippen LogP) is 5.09. The molecule has 0 N–H and O–H groups in total. The van der Waals surface area contributed by atoms with Crippen LogP contribution in [0, 0.1) is 11.6 Å². The van der Waals surface area contributed by atoms with Crippen LogP contribution in [0.5, 0.6) is 0 Å². The van der Waals surface area contributed by atoms with Crippen LogP contribution in [0.2, 0.25) is 0 Å². The zero-order chi connectivity index (χ0) is 20.9. The molecule has 1 unspecified atom stereocenters. The predicted molar refractivity (Wildman–Crippen MR) is 107 cm³/mol. The van der Waals surface area contributed by atoms with Gasteiger partial charge in [-0.3, -0.25) is 9.78 Å². The lowest BCUT2D eigenvalue weighted by Gasteiger charge is -2.30. The summed E-state index contributed by atoms with van der Waals surface area (Å²) in [7, 11) is 0. The number of carbonyl (C=O) groups excluding carboxylic acids is 1. The van der Waals surface area contributed by atoms with Crippen molar-refractivity contribution in [2.24, 2.45) is 0 Å². The van der Waals surface area contributed by atoms with E-state index in [0.717, 1.165) is 43.9 Å². The molecule has 156 valence electrons. The summed E-state index contributed by atoms with van der Waals surface area (Å²) in [4.78, 5) is 23.2. The fourth-order valence-electron chi connectivity index (χ4n) is 3.94. The second-order valence-electron chi connectivity index (χ2n) is 7.48. The number of oxazole rings is 1. The molecule has 0 saturated carbocycles. The first-order valence-electron chi connectivity index (χ1n) is 10.2. The van der Waals surface area contributed by atoms with Gasteiger partial charge in [-0.05, 0) is 42.7 Å². The van der Waals surface area contributed by atoms with E-state index in [-0.39, 0.29) is 29.7 Å². The molecule has 1 aliphatic heterocycles. The van der Waals surface area contributed by atoms with Gasteiger partial charge >= 0.3 is 0 Å². The first kappa shape index (κ1) is 20.2. The summed E-state index contributed by atoms with van der Waals surface area (Å²) in [5, 5.41) is 0. The van der Waals surface area contributed by atoms with Gasteiger partial charge in [-0.25, -0.2) is 13.8 Å². The number of aromatic nitrogens is 2. The minimum Gasteiger partial charge on any atom is -0.441 e. The molecule has 0 bridgehead atoms. The third-order valence-electron chi connectivity index (χ3n) is 5.47. The van der Waals surface area contributed by atoms with E-state index in [1.807, 2.05) is 17.0 Å². The Morgan fingerprint density at radius 2 is 1.97 bits per heavy atom. The second kappa shape index (κ2) is 9.15. The zero-order valence-electron chi connectivity index (χ0n) is 16.6. The first-order chi connectivity index (χ1) is 14.6. The van der Waals surface area contributed by atoms with Crippen molar-refractivity contribution in [3.05, 3.63) is 72.0 Å². The van der Waals surface area contributed by atoms with E-state index in [9.17, 15) is 13.6 Å². The van der Waals surface area contributed by atoms with Gasteiger partial charge in [0.25, 0.3) is 0 Å². The lowest BCUT2D eigenvalue weighted by atomic mass is 10.0. The Kier molecular flexibility index (Phi) is 6.16. The minimum absolute atomic E-state index is 0.0476. The molecule has 1 aromatic carbocycles. The summed E-state index contributed by atoms with van der Waals surface area (Å²) >= 11 is 0. The summed E-state index contributed by atoms with van der Waals surface area (Å²) in [5.74, 6) is -0.732. The van der Waals surface area contributed by atoms with E-state index >= 15 is 0 Å². The Balaban J connectivity index is 1.44. The molecule has 0 aliphatic carbocycles. The van der Waals surface area contributed by atoms with Crippen LogP contribution < -0.4 is 0 Å². The van der Waals surface area contributed by atoms with Crippen LogP contribution >= 0.6 is 0 Å². The van der Waals surface area contributed by atoms with Crippen LogP contribution in [-0.2, 0) is 11.2 Å². The molecule has 1 atom stereocenters. The number of rotatable bonds is 5. The number of aryl methyl sites for hydroxylation is 1. The SMILES string of the molecule is O=C(CCc1ncc(-c2ccc(F)cc2F)o1)N1CCCCCC1c1ccncc1. The van der Waals surface area contributed by atoms with Gasteiger partial charge in [0.2, 0.25) is 5.91 Å². The highest BCUT2D eigenvalue weighted by Crippen LogP contribution is 2.31. The zero-order valence-corrected chi connectivity index (χ0v) is 16.6. The molecule has 7 heteroatoms. The standard InChI is InChI=1S/C23H23F2N3O2/c24-17-5-6-18(19(25)14-17)21-15-27-22(30-21)7-8-23(29)28-13-3-1-2-4-20(28)16-9-11-26-12-10-16/h5-6,9-12,14-15,20H,1-4,7-8,13H2. The van der Waals surface area contributed by atoms with Crippen molar-refractivity contribution in [3.63, 3.8) is 0 Å². The minimum atomic E-state index is -0.710. The normalized spacial score (nSPS) is 17.0. The quantitative estimate of drug-likeness (QED) is 0.587. The average Bonchev–Trinajstić information content (AvgIpc) is 3.07. The second-order valence-corrected chi connectivity index (χ2v) is 7.48. The van der Waals surface area contributed by atoms with Crippen LogP contribution in [0.15, 0.2) is 53.3 Å². The Hall–Kier alpha value is -3.09. The topological polar surface area (TPSA) is 59.2 Å². The fourth-order valence-corrected chi connectivity index (χ4v) is 3.94. The van der Waals surface area contributed by atoms with E-state index in [0.29, 0.717) is 12.3 Å². The van der Waals surface area contributed by atoms with Crippen molar-refractivity contribution in [1.82, 2.24) is 14.9 Å². The number of hydrogen-bond donors (Lipinski definition) is 0. The highest BCUT2D eigenvalue weighted by atomic mass is 19.1. The highest BCUT2D eigenvalue weighted by Gasteiger charge is 2.26. The molecule has 3 aromatic rings. The molecule has 0 radical (unpaired) electrons. The number of amides is 1. The monoisotopic (exact) mass is 411 g/mol. The Morgan fingerprint density at radius 3 is 2.77 bits per heavy atom. The number of carbonyl (C=O) groups is 1. The summed E-state index contributed by atoms with van der Waals surface area (Å²) in [6.45, 7) is 0.726. The van der Waals surface area contributed by atoms with Crippen molar-refractivity contribution in [2.45, 2.75) is 44.6 Å². The first-order valence-corrected chi connectivity index (χ1v) is 10.2. The molecule has 2 aromatic heterocycles. The van der Waals surface area contributed by atoms with Gasteiger partial charge in [0.05, 0.1) is 17.8 Å². The lowest BCUT2D eigenvalue weighted by Crippen LogP contribution is -2.35. The number of hydrogen-bond acceptors (Lipinski definition) is 4. The third-order valence-corrected chi connectivity index (χ3v) is 5.47. The van der Waals surface area contributed by atoms with Crippen molar-refractivity contribution < 1.29 is 18.0 Å². The van der Waals surface area contributed by atoms with E-state index < -0.39 is 11.6 Å². The van der Waals surface area contributed by atoms with Gasteiger partial charge in [0.1, 0.15) is 11.6 Å². The Bertz CT molecular complexity index is 1010. The van der Waals surface area contributed by atoms with Crippen LogP contribution in [0.25, 0.3) is 11.3 Å². The summed E-state index contributed by atoms with van der Waals surface area (Å²) < 4.78 is 32.7. The summed E-state index contributed by atoms with van der Waals surface area (Å²) in [6.07, 6.45) is 9.61. The Morgan fingerprint density at radius 1 is 1.13 bits per heavy atom. The summed E-state index contributed by atoms with van der Waals surface area (Å²) in [6, 6.07) is 7.28.